The van der Waals surface area contributed by atoms with Crippen molar-refractivity contribution >= 4 is 5.97 Å². The zero-order valence-electron chi connectivity index (χ0n) is 11.7. The van der Waals surface area contributed by atoms with Crippen LogP contribution >= 0.6 is 0 Å². The molecule has 0 radical (unpaired) electrons. The van der Waals surface area contributed by atoms with Crippen molar-refractivity contribution in [1.29, 1.82) is 0 Å². The van der Waals surface area contributed by atoms with Crippen LogP contribution < -0.4 is 0 Å². The van der Waals surface area contributed by atoms with E-state index in [4.69, 9.17) is 5.11 Å². The lowest BCUT2D eigenvalue weighted by Crippen LogP contribution is -2.45. The molecule has 19 heavy (non-hydrogen) atoms. The Bertz CT molecular complexity index is 431. The Hall–Kier alpha value is -1.42. The van der Waals surface area contributed by atoms with Crippen molar-refractivity contribution in [2.24, 2.45) is 11.3 Å². The summed E-state index contributed by atoms with van der Waals surface area (Å²) in [5.74, 6) is -0.486. The molecule has 0 spiro atoms. The number of nitrogens with zero attached hydrogens (tertiary/aromatic N) is 2. The summed E-state index contributed by atoms with van der Waals surface area (Å²) >= 11 is 0. The van der Waals surface area contributed by atoms with Gasteiger partial charge in [-0.15, -0.1) is 0 Å². The monoisotopic (exact) mass is 262 g/mol. The summed E-state index contributed by atoms with van der Waals surface area (Å²) in [6.45, 7) is 7.03. The average molecular weight is 262 g/mol. The number of aliphatic carboxylic acids is 1. The fourth-order valence-corrected chi connectivity index (χ4v) is 2.72. The minimum Gasteiger partial charge on any atom is -0.481 e. The van der Waals surface area contributed by atoms with E-state index in [1.807, 2.05) is 18.2 Å². The number of carbonyl (C=O) groups is 1. The van der Waals surface area contributed by atoms with Crippen LogP contribution in [0, 0.1) is 11.3 Å². The molecule has 4 nitrogen and oxygen atoms in total. The maximum absolute atomic E-state index is 11.0. The predicted octanol–water partition coefficient (Wildman–Crippen LogP) is 2.40. The van der Waals surface area contributed by atoms with E-state index >= 15 is 0 Å². The van der Waals surface area contributed by atoms with Crippen molar-refractivity contribution in [3.05, 3.63) is 30.1 Å². The number of aromatic nitrogens is 1. The molecule has 0 saturated carbocycles. The van der Waals surface area contributed by atoms with Gasteiger partial charge >= 0.3 is 5.97 Å². The minimum absolute atomic E-state index is 0.110. The summed E-state index contributed by atoms with van der Waals surface area (Å²) in [5, 5.41) is 9.04. The molecule has 1 aromatic heterocycles. The molecule has 2 rings (SSSR count). The van der Waals surface area contributed by atoms with Gasteiger partial charge in [0.25, 0.3) is 0 Å². The highest BCUT2D eigenvalue weighted by Gasteiger charge is 2.36. The van der Waals surface area contributed by atoms with Crippen LogP contribution in [-0.2, 0) is 11.3 Å². The Morgan fingerprint density at radius 1 is 1.53 bits per heavy atom. The van der Waals surface area contributed by atoms with Crippen molar-refractivity contribution in [2.75, 3.05) is 13.1 Å². The highest BCUT2D eigenvalue weighted by Crippen LogP contribution is 2.37. The summed E-state index contributed by atoms with van der Waals surface area (Å²) < 4.78 is 0. The van der Waals surface area contributed by atoms with Gasteiger partial charge in [0.05, 0.1) is 5.69 Å². The van der Waals surface area contributed by atoms with Gasteiger partial charge in [0.15, 0.2) is 0 Å². The molecule has 4 heteroatoms. The van der Waals surface area contributed by atoms with Crippen molar-refractivity contribution in [3.8, 4) is 0 Å². The van der Waals surface area contributed by atoms with Crippen LogP contribution in [0.4, 0.5) is 0 Å². The summed E-state index contributed by atoms with van der Waals surface area (Å²) in [6, 6.07) is 5.92. The molecular weight excluding hydrogens is 240 g/mol. The lowest BCUT2D eigenvalue weighted by Gasteiger charge is -2.43. The number of carboxylic acid groups (broad SMARTS) is 1. The zero-order chi connectivity index (χ0) is 13.9. The topological polar surface area (TPSA) is 53.4 Å². The molecule has 0 amide bonds. The second-order valence-corrected chi connectivity index (χ2v) is 6.09. The molecule has 1 aromatic rings. The largest absolute Gasteiger partial charge is 0.481 e. The van der Waals surface area contributed by atoms with Gasteiger partial charge in [-0.3, -0.25) is 14.7 Å². The first-order valence-electron chi connectivity index (χ1n) is 6.81. The quantitative estimate of drug-likeness (QED) is 0.905. The smallest absolute Gasteiger partial charge is 0.303 e. The van der Waals surface area contributed by atoms with Crippen LogP contribution in [0.3, 0.4) is 0 Å². The molecule has 1 aliphatic rings. The van der Waals surface area contributed by atoms with E-state index in [1.54, 1.807) is 6.20 Å². The SMILES string of the molecule is CC1(C)CCN(Cc2ccccn2)CC1CC(=O)O. The van der Waals surface area contributed by atoms with E-state index in [1.165, 1.54) is 0 Å². The maximum atomic E-state index is 11.0. The van der Waals surface area contributed by atoms with E-state index in [-0.39, 0.29) is 17.8 Å². The Labute approximate surface area is 114 Å². The predicted molar refractivity (Wildman–Crippen MR) is 73.7 cm³/mol. The van der Waals surface area contributed by atoms with E-state index in [2.05, 4.69) is 23.7 Å². The highest BCUT2D eigenvalue weighted by atomic mass is 16.4. The first-order chi connectivity index (χ1) is 8.97. The van der Waals surface area contributed by atoms with E-state index < -0.39 is 5.97 Å². The van der Waals surface area contributed by atoms with E-state index in [0.29, 0.717) is 0 Å². The molecule has 2 heterocycles. The Kier molecular flexibility index (Phi) is 4.20. The fraction of sp³-hybridized carbons (Fsp3) is 0.600. The number of pyridine rings is 1. The van der Waals surface area contributed by atoms with Gasteiger partial charge in [-0.25, -0.2) is 0 Å². The first kappa shape index (κ1) is 14.0. The maximum Gasteiger partial charge on any atom is 0.303 e. The highest BCUT2D eigenvalue weighted by molar-refractivity contribution is 5.67. The van der Waals surface area contributed by atoms with Gasteiger partial charge in [0.2, 0.25) is 0 Å². The van der Waals surface area contributed by atoms with Gasteiger partial charge < -0.3 is 5.11 Å². The number of hydrogen-bond acceptors (Lipinski definition) is 3. The summed E-state index contributed by atoms with van der Waals surface area (Å²) in [7, 11) is 0. The van der Waals surface area contributed by atoms with Gasteiger partial charge in [-0.2, -0.15) is 0 Å². The normalized spacial score (nSPS) is 23.2. The second-order valence-electron chi connectivity index (χ2n) is 6.09. The Morgan fingerprint density at radius 2 is 2.32 bits per heavy atom. The third-order valence-corrected chi connectivity index (χ3v) is 4.19. The van der Waals surface area contributed by atoms with Crippen LogP contribution in [0.25, 0.3) is 0 Å². The molecule has 104 valence electrons. The molecule has 1 aliphatic heterocycles. The van der Waals surface area contributed by atoms with Crippen LogP contribution in [-0.4, -0.2) is 34.0 Å². The summed E-state index contributed by atoms with van der Waals surface area (Å²) in [5.41, 5.74) is 1.16. The molecule has 1 saturated heterocycles. The first-order valence-corrected chi connectivity index (χ1v) is 6.81. The van der Waals surface area contributed by atoms with E-state index in [0.717, 1.165) is 31.7 Å². The molecule has 1 fully saturated rings. The second kappa shape index (κ2) is 5.70. The van der Waals surface area contributed by atoms with Crippen LogP contribution in [0.1, 0.15) is 32.4 Å². The summed E-state index contributed by atoms with van der Waals surface area (Å²) in [6.07, 6.45) is 3.10. The minimum atomic E-state index is -0.697. The van der Waals surface area contributed by atoms with Crippen molar-refractivity contribution in [2.45, 2.75) is 33.2 Å². The molecular formula is C15H22N2O2. The average Bonchev–Trinajstić information content (AvgIpc) is 2.34. The lowest BCUT2D eigenvalue weighted by atomic mass is 9.72. The molecule has 1 unspecified atom stereocenters. The molecule has 1 atom stereocenters. The molecule has 0 aliphatic carbocycles. The standard InChI is InChI=1S/C15H22N2O2/c1-15(2)6-8-17(10-12(15)9-14(18)19)11-13-5-3-4-7-16-13/h3-5,7,12H,6,8-11H2,1-2H3,(H,18,19). The Balaban J connectivity index is 1.99. The molecule has 0 bridgehead atoms. The fourth-order valence-electron chi connectivity index (χ4n) is 2.72. The number of carboxylic acids is 1. The van der Waals surface area contributed by atoms with Gasteiger partial charge in [-0.05, 0) is 36.4 Å². The van der Waals surface area contributed by atoms with Gasteiger partial charge in [0.1, 0.15) is 0 Å². The van der Waals surface area contributed by atoms with Crippen molar-refractivity contribution in [1.82, 2.24) is 9.88 Å². The van der Waals surface area contributed by atoms with E-state index in [9.17, 15) is 4.79 Å². The van der Waals surface area contributed by atoms with Crippen LogP contribution in [0.5, 0.6) is 0 Å². The molecule has 1 N–H and O–H groups in total. The number of piperidine rings is 1. The number of rotatable bonds is 4. The van der Waals surface area contributed by atoms with Crippen LogP contribution in [0.15, 0.2) is 24.4 Å². The third kappa shape index (κ3) is 3.77. The zero-order valence-corrected chi connectivity index (χ0v) is 11.7. The van der Waals surface area contributed by atoms with Gasteiger partial charge in [0, 0.05) is 25.7 Å². The number of hydrogen-bond donors (Lipinski definition) is 1. The number of likely N-dealkylation sites (tertiary alicyclic amines) is 1. The molecule has 0 aromatic carbocycles. The van der Waals surface area contributed by atoms with Crippen LogP contribution in [0.2, 0.25) is 0 Å². The van der Waals surface area contributed by atoms with Crippen molar-refractivity contribution in [3.63, 3.8) is 0 Å². The summed E-state index contributed by atoms with van der Waals surface area (Å²) in [4.78, 5) is 17.6. The lowest BCUT2D eigenvalue weighted by molar-refractivity contribution is -0.140. The van der Waals surface area contributed by atoms with Crippen molar-refractivity contribution < 1.29 is 9.90 Å². The van der Waals surface area contributed by atoms with Gasteiger partial charge in [-0.1, -0.05) is 19.9 Å². The third-order valence-electron chi connectivity index (χ3n) is 4.19. The Morgan fingerprint density at radius 3 is 2.95 bits per heavy atom.